The summed E-state index contributed by atoms with van der Waals surface area (Å²) in [6.07, 6.45) is 3.69. The Labute approximate surface area is 344 Å². The topological polar surface area (TPSA) is 38.7 Å². The van der Waals surface area contributed by atoms with Crippen molar-refractivity contribution in [1.82, 2.24) is 15.0 Å². The summed E-state index contributed by atoms with van der Waals surface area (Å²) in [7, 11) is 0. The molecule has 0 atom stereocenters. The highest BCUT2D eigenvalue weighted by atomic mass is 14.9. The molecular formula is C56H37N3. The van der Waals surface area contributed by atoms with Crippen molar-refractivity contribution >= 4 is 10.8 Å². The van der Waals surface area contributed by atoms with Crippen LogP contribution < -0.4 is 0 Å². The zero-order chi connectivity index (χ0) is 39.2. The van der Waals surface area contributed by atoms with Crippen LogP contribution in [0.15, 0.2) is 225 Å². The van der Waals surface area contributed by atoms with Gasteiger partial charge in [-0.25, -0.2) is 9.97 Å². The van der Waals surface area contributed by atoms with Gasteiger partial charge in [-0.1, -0.05) is 188 Å². The highest BCUT2D eigenvalue weighted by molar-refractivity contribution is 6.05. The third-order valence-corrected chi connectivity index (χ3v) is 11.9. The molecule has 59 heavy (non-hydrogen) atoms. The number of nitrogens with zero attached hydrogens (tertiary/aromatic N) is 3. The minimum atomic E-state index is -0.434. The molecule has 1 aliphatic rings. The molecule has 2 aromatic heterocycles. The average molecular weight is 752 g/mol. The first kappa shape index (κ1) is 34.5. The normalized spacial score (nSPS) is 12.5. The second-order valence-corrected chi connectivity index (χ2v) is 15.1. The molecule has 0 unspecified atom stereocenters. The van der Waals surface area contributed by atoms with Crippen LogP contribution in [-0.2, 0) is 5.41 Å². The summed E-state index contributed by atoms with van der Waals surface area (Å²) in [6.45, 7) is 0. The van der Waals surface area contributed by atoms with Crippen LogP contribution in [0, 0.1) is 0 Å². The van der Waals surface area contributed by atoms with Gasteiger partial charge in [-0.3, -0.25) is 4.98 Å². The van der Waals surface area contributed by atoms with Crippen LogP contribution in [0.5, 0.6) is 0 Å². The number of rotatable bonds is 7. The van der Waals surface area contributed by atoms with Crippen LogP contribution in [0.25, 0.3) is 78.1 Å². The lowest BCUT2D eigenvalue weighted by atomic mass is 9.67. The molecular weight excluding hydrogens is 715 g/mol. The zero-order valence-electron chi connectivity index (χ0n) is 32.2. The van der Waals surface area contributed by atoms with Gasteiger partial charge in [0, 0.05) is 29.1 Å². The van der Waals surface area contributed by atoms with Crippen LogP contribution in [-0.4, -0.2) is 15.0 Å². The van der Waals surface area contributed by atoms with E-state index < -0.39 is 5.41 Å². The predicted molar refractivity (Wildman–Crippen MR) is 242 cm³/mol. The van der Waals surface area contributed by atoms with E-state index in [1.54, 1.807) is 6.20 Å². The smallest absolute Gasteiger partial charge is 0.161 e. The SMILES string of the molecule is c1ccc(-c2cc(-c3ccc(-c4cccnc4)cc3)nc(-c3ccc(-c4ccc5c(c4)-c4ccccc4C5(c4ccccc4)c4ccccc4)c4ccccc34)n2)cc1. The highest BCUT2D eigenvalue weighted by Gasteiger charge is 2.46. The van der Waals surface area contributed by atoms with Gasteiger partial charge in [-0.05, 0) is 90.7 Å². The minimum Gasteiger partial charge on any atom is -0.264 e. The molecule has 0 amide bonds. The van der Waals surface area contributed by atoms with Crippen LogP contribution in [0.3, 0.4) is 0 Å². The van der Waals surface area contributed by atoms with Gasteiger partial charge in [0.1, 0.15) is 0 Å². The largest absolute Gasteiger partial charge is 0.264 e. The van der Waals surface area contributed by atoms with Gasteiger partial charge >= 0.3 is 0 Å². The van der Waals surface area contributed by atoms with Gasteiger partial charge < -0.3 is 0 Å². The van der Waals surface area contributed by atoms with E-state index in [1.807, 2.05) is 18.3 Å². The fraction of sp³-hybridized carbons (Fsp3) is 0.0179. The van der Waals surface area contributed by atoms with Gasteiger partial charge in [-0.15, -0.1) is 0 Å². The third-order valence-electron chi connectivity index (χ3n) is 11.9. The Morgan fingerprint density at radius 3 is 1.53 bits per heavy atom. The van der Waals surface area contributed by atoms with Gasteiger partial charge in [-0.2, -0.15) is 0 Å². The lowest BCUT2D eigenvalue weighted by Crippen LogP contribution is -2.28. The summed E-state index contributed by atoms with van der Waals surface area (Å²) in [6, 6.07) is 76.2. The highest BCUT2D eigenvalue weighted by Crippen LogP contribution is 2.56. The van der Waals surface area contributed by atoms with E-state index in [4.69, 9.17) is 9.97 Å². The molecule has 2 heterocycles. The molecule has 0 saturated carbocycles. The maximum absolute atomic E-state index is 5.28. The molecule has 0 aliphatic heterocycles. The lowest BCUT2D eigenvalue weighted by molar-refractivity contribution is 0.768. The van der Waals surface area contributed by atoms with Crippen molar-refractivity contribution in [2.75, 3.05) is 0 Å². The molecule has 0 spiro atoms. The van der Waals surface area contributed by atoms with E-state index in [1.165, 1.54) is 44.5 Å². The minimum absolute atomic E-state index is 0.434. The molecule has 0 N–H and O–H groups in total. The molecule has 0 radical (unpaired) electrons. The second-order valence-electron chi connectivity index (χ2n) is 15.1. The first-order valence-electron chi connectivity index (χ1n) is 20.1. The maximum Gasteiger partial charge on any atom is 0.161 e. The summed E-state index contributed by atoms with van der Waals surface area (Å²) in [5.74, 6) is 0.693. The number of aromatic nitrogens is 3. The fourth-order valence-electron chi connectivity index (χ4n) is 9.20. The van der Waals surface area contributed by atoms with Gasteiger partial charge in [0.2, 0.25) is 0 Å². The monoisotopic (exact) mass is 751 g/mol. The predicted octanol–water partition coefficient (Wildman–Crippen LogP) is 13.7. The number of hydrogen-bond donors (Lipinski definition) is 0. The van der Waals surface area contributed by atoms with E-state index >= 15 is 0 Å². The number of pyridine rings is 1. The van der Waals surface area contributed by atoms with E-state index in [0.717, 1.165) is 50.0 Å². The fourth-order valence-corrected chi connectivity index (χ4v) is 9.20. The molecule has 276 valence electrons. The zero-order valence-corrected chi connectivity index (χ0v) is 32.2. The second kappa shape index (κ2) is 14.3. The van der Waals surface area contributed by atoms with Crippen molar-refractivity contribution in [2.45, 2.75) is 5.41 Å². The Balaban J connectivity index is 1.06. The van der Waals surface area contributed by atoms with E-state index in [-0.39, 0.29) is 0 Å². The Bertz CT molecular complexity index is 3080. The lowest BCUT2D eigenvalue weighted by Gasteiger charge is -2.33. The van der Waals surface area contributed by atoms with Gasteiger partial charge in [0.05, 0.1) is 16.8 Å². The van der Waals surface area contributed by atoms with Crippen molar-refractivity contribution < 1.29 is 0 Å². The molecule has 11 rings (SSSR count). The summed E-state index contributed by atoms with van der Waals surface area (Å²) in [4.78, 5) is 14.8. The summed E-state index contributed by atoms with van der Waals surface area (Å²) < 4.78 is 0. The molecule has 1 aliphatic carbocycles. The first-order valence-corrected chi connectivity index (χ1v) is 20.1. The Kier molecular flexibility index (Phi) is 8.37. The van der Waals surface area contributed by atoms with Crippen LogP contribution in [0.1, 0.15) is 22.3 Å². The van der Waals surface area contributed by atoms with Crippen molar-refractivity contribution in [3.63, 3.8) is 0 Å². The molecule has 10 aromatic rings. The molecule has 0 fully saturated rings. The Morgan fingerprint density at radius 1 is 0.322 bits per heavy atom. The Hall–Kier alpha value is -7.75. The van der Waals surface area contributed by atoms with Crippen LogP contribution >= 0.6 is 0 Å². The Morgan fingerprint density at radius 2 is 0.847 bits per heavy atom. The molecule has 0 saturated heterocycles. The van der Waals surface area contributed by atoms with E-state index in [2.05, 4.69) is 205 Å². The van der Waals surface area contributed by atoms with Gasteiger partial charge in [0.25, 0.3) is 0 Å². The quantitative estimate of drug-likeness (QED) is 0.163. The summed E-state index contributed by atoms with van der Waals surface area (Å²) in [5, 5.41) is 2.27. The molecule has 8 aromatic carbocycles. The van der Waals surface area contributed by atoms with Crippen LogP contribution in [0.4, 0.5) is 0 Å². The standard InChI is InChI=1S/C56H37N3/c1-4-15-39(16-5-1)53-36-54(40-28-26-38(27-29-40)42-17-14-34-57-37-42)59-55(58-53)49-32-31-45(46-22-10-11-23-47(46)49)41-30-33-52-50(35-41)48-24-12-13-25-51(48)56(52,43-18-6-2-7-19-43)44-20-8-3-9-21-44/h1-37H. The van der Waals surface area contributed by atoms with E-state index in [9.17, 15) is 0 Å². The summed E-state index contributed by atoms with van der Waals surface area (Å²) >= 11 is 0. The molecule has 3 heteroatoms. The first-order chi connectivity index (χ1) is 29.3. The van der Waals surface area contributed by atoms with Crippen molar-refractivity contribution in [2.24, 2.45) is 0 Å². The van der Waals surface area contributed by atoms with E-state index in [0.29, 0.717) is 5.82 Å². The van der Waals surface area contributed by atoms with Crippen LogP contribution in [0.2, 0.25) is 0 Å². The van der Waals surface area contributed by atoms with Crippen molar-refractivity contribution in [3.05, 3.63) is 247 Å². The average Bonchev–Trinajstić information content (AvgIpc) is 3.62. The third kappa shape index (κ3) is 5.78. The molecule has 3 nitrogen and oxygen atoms in total. The maximum atomic E-state index is 5.28. The van der Waals surface area contributed by atoms with Gasteiger partial charge in [0.15, 0.2) is 5.82 Å². The molecule has 0 bridgehead atoms. The van der Waals surface area contributed by atoms with Crippen molar-refractivity contribution in [1.29, 1.82) is 0 Å². The number of benzene rings is 8. The van der Waals surface area contributed by atoms with Crippen molar-refractivity contribution in [3.8, 4) is 67.3 Å². The summed E-state index contributed by atoms with van der Waals surface area (Å²) in [5.41, 5.74) is 16.6. The number of hydrogen-bond acceptors (Lipinski definition) is 3. The number of fused-ring (bicyclic) bond motifs is 4.